The van der Waals surface area contributed by atoms with Crippen LogP contribution < -0.4 is 15.9 Å². The number of fused-ring (bicyclic) bond motifs is 1. The Balaban J connectivity index is 1.11. The average molecular weight is 626 g/mol. The van der Waals surface area contributed by atoms with Gasteiger partial charge in [0.1, 0.15) is 17.4 Å². The molecule has 0 spiro atoms. The zero-order chi connectivity index (χ0) is 31.6. The second-order valence-electron chi connectivity index (χ2n) is 12.9. The Labute approximate surface area is 266 Å². The van der Waals surface area contributed by atoms with Gasteiger partial charge in [-0.3, -0.25) is 9.59 Å². The van der Waals surface area contributed by atoms with E-state index in [1.54, 1.807) is 29.2 Å². The molecule has 2 aliphatic rings. The molecule has 1 aromatic heterocycles. The average Bonchev–Trinajstić information content (AvgIpc) is 3.73. The summed E-state index contributed by atoms with van der Waals surface area (Å²) in [5, 5.41) is 7.40. The Bertz CT molecular complexity index is 1660. The third-order valence-corrected chi connectivity index (χ3v) is 9.93. The molecule has 3 aromatic carbocycles. The second kappa shape index (κ2) is 13.2. The molecule has 6 rings (SSSR count). The number of amides is 2. The Morgan fingerprint density at radius 1 is 1.07 bits per heavy atom. The Kier molecular flexibility index (Phi) is 9.16. The van der Waals surface area contributed by atoms with E-state index in [0.717, 1.165) is 42.1 Å². The fourth-order valence-corrected chi connectivity index (χ4v) is 7.20. The van der Waals surface area contributed by atoms with Gasteiger partial charge in [0, 0.05) is 25.2 Å². The van der Waals surface area contributed by atoms with Crippen molar-refractivity contribution in [3.63, 3.8) is 0 Å². The summed E-state index contributed by atoms with van der Waals surface area (Å²) in [7, 11) is 2.67. The summed E-state index contributed by atoms with van der Waals surface area (Å²) in [5.41, 5.74) is 3.52. The summed E-state index contributed by atoms with van der Waals surface area (Å²) in [5.74, 6) is 0.670. The van der Waals surface area contributed by atoms with Gasteiger partial charge in [0.15, 0.2) is 5.82 Å². The number of hydrogen-bond acceptors (Lipinski definition) is 4. The molecule has 1 fully saturated rings. The maximum Gasteiger partial charge on any atom is 0.248 e. The van der Waals surface area contributed by atoms with E-state index in [4.69, 9.17) is 0 Å². The number of likely N-dealkylation sites (tertiary alicyclic amines) is 1. The van der Waals surface area contributed by atoms with Crippen molar-refractivity contribution in [2.45, 2.75) is 57.0 Å². The molecule has 2 N–H and O–H groups in total. The molecule has 45 heavy (non-hydrogen) atoms. The van der Waals surface area contributed by atoms with E-state index < -0.39 is 11.6 Å². The van der Waals surface area contributed by atoms with Crippen LogP contribution >= 0.6 is 9.24 Å². The summed E-state index contributed by atoms with van der Waals surface area (Å²) in [6.45, 7) is 5.83. The Morgan fingerprint density at radius 2 is 1.80 bits per heavy atom. The van der Waals surface area contributed by atoms with Gasteiger partial charge in [0.05, 0.1) is 6.33 Å². The predicted octanol–water partition coefficient (Wildman–Crippen LogP) is 5.35. The van der Waals surface area contributed by atoms with E-state index in [0.29, 0.717) is 37.3 Å². The highest BCUT2D eigenvalue weighted by Gasteiger charge is 2.38. The molecule has 1 aliphatic heterocycles. The molecule has 2 amide bonds. The molecule has 0 radical (unpaired) electrons. The summed E-state index contributed by atoms with van der Waals surface area (Å²) in [6.07, 6.45) is 6.87. The molecule has 234 valence electrons. The Hall–Kier alpha value is -3.87. The van der Waals surface area contributed by atoms with Crippen LogP contribution in [0.25, 0.3) is 0 Å². The van der Waals surface area contributed by atoms with Crippen molar-refractivity contribution >= 4 is 32.2 Å². The summed E-state index contributed by atoms with van der Waals surface area (Å²) >= 11 is 0. The summed E-state index contributed by atoms with van der Waals surface area (Å²) in [6, 6.07) is 22.6. The molecule has 2 heterocycles. The highest BCUT2D eigenvalue weighted by atomic mass is 31.0. The topological polar surface area (TPSA) is 79.3 Å². The fourth-order valence-electron chi connectivity index (χ4n) is 6.74. The smallest absolute Gasteiger partial charge is 0.248 e. The van der Waals surface area contributed by atoms with Crippen molar-refractivity contribution < 1.29 is 14.0 Å². The van der Waals surface area contributed by atoms with Crippen LogP contribution in [0.2, 0.25) is 0 Å². The van der Waals surface area contributed by atoms with Crippen LogP contribution in [0.4, 0.5) is 10.2 Å². The van der Waals surface area contributed by atoms with E-state index in [1.807, 2.05) is 67.3 Å². The number of benzene rings is 3. The maximum absolute atomic E-state index is 13.9. The number of nitrogens with one attached hydrogen (secondary N) is 2. The molecule has 4 aromatic rings. The van der Waals surface area contributed by atoms with Crippen LogP contribution in [0, 0.1) is 11.7 Å². The minimum atomic E-state index is -0.866. The van der Waals surface area contributed by atoms with Crippen molar-refractivity contribution in [3.8, 4) is 0 Å². The number of halogens is 1. The van der Waals surface area contributed by atoms with Gasteiger partial charge in [-0.25, -0.2) is 9.37 Å². The first-order valence-electron chi connectivity index (χ1n) is 15.7. The second-order valence-corrected chi connectivity index (χ2v) is 13.5. The first kappa shape index (κ1) is 31.1. The van der Waals surface area contributed by atoms with Crippen LogP contribution in [0.5, 0.6) is 0 Å². The standard InChI is InChI=1S/C36H41FN5O2P/c1-36(2,35(44)41-16-15-28(21-41)25-9-5-3-6-10-25)42-22-32(39-23-42)40-34(43)33(26-11-7-4-8-12-26)38-20-24-13-14-27-18-29(37)19-31(45)30(27)17-24/h3-12,18-19,22-24,28,33,38H,13-17,20-21,45H2,1-2H3,(H,40,43)/t24?,28?,33-/m0/s1. The highest BCUT2D eigenvalue weighted by molar-refractivity contribution is 7.27. The van der Waals surface area contributed by atoms with E-state index in [-0.39, 0.29) is 17.6 Å². The molecule has 3 unspecified atom stereocenters. The quantitative estimate of drug-likeness (QED) is 0.246. The minimum absolute atomic E-state index is 0.0328. The van der Waals surface area contributed by atoms with E-state index >= 15 is 0 Å². The minimum Gasteiger partial charge on any atom is -0.340 e. The van der Waals surface area contributed by atoms with Gasteiger partial charge in [0.25, 0.3) is 0 Å². The number of anilines is 1. The summed E-state index contributed by atoms with van der Waals surface area (Å²) < 4.78 is 15.7. The highest BCUT2D eigenvalue weighted by Crippen LogP contribution is 2.31. The molecule has 9 heteroatoms. The van der Waals surface area contributed by atoms with Crippen molar-refractivity contribution in [3.05, 3.63) is 113 Å². The van der Waals surface area contributed by atoms with Crippen LogP contribution in [0.3, 0.4) is 0 Å². The third-order valence-electron chi connectivity index (χ3n) is 9.41. The largest absolute Gasteiger partial charge is 0.340 e. The van der Waals surface area contributed by atoms with Gasteiger partial charge in [-0.2, -0.15) is 0 Å². The fraction of sp³-hybridized carbons (Fsp3) is 0.361. The normalized spacial score (nSPS) is 18.8. The molecule has 0 bridgehead atoms. The monoisotopic (exact) mass is 625 g/mol. The third kappa shape index (κ3) is 6.87. The van der Waals surface area contributed by atoms with E-state index in [1.165, 1.54) is 11.1 Å². The maximum atomic E-state index is 13.9. The van der Waals surface area contributed by atoms with Crippen LogP contribution in [-0.2, 0) is 28.0 Å². The van der Waals surface area contributed by atoms with Crippen molar-refractivity contribution in [2.24, 2.45) is 5.92 Å². The van der Waals surface area contributed by atoms with Gasteiger partial charge in [-0.15, -0.1) is 9.24 Å². The lowest BCUT2D eigenvalue weighted by molar-refractivity contribution is -0.138. The lowest BCUT2D eigenvalue weighted by Crippen LogP contribution is -2.45. The van der Waals surface area contributed by atoms with Gasteiger partial charge in [0.2, 0.25) is 11.8 Å². The van der Waals surface area contributed by atoms with Crippen LogP contribution in [0.15, 0.2) is 85.3 Å². The molecule has 4 atom stereocenters. The van der Waals surface area contributed by atoms with Gasteiger partial charge in [-0.1, -0.05) is 60.7 Å². The first-order valence-corrected chi connectivity index (χ1v) is 16.3. The number of carbonyl (C=O) groups is 2. The molecule has 1 saturated heterocycles. The van der Waals surface area contributed by atoms with E-state index in [2.05, 4.69) is 37.0 Å². The zero-order valence-corrected chi connectivity index (χ0v) is 27.0. The SMILES string of the molecule is CC(C)(C(=O)N1CCC(c2ccccc2)C1)n1cnc(NC(=O)[C@@H](NCC2CCc3cc(F)cc(P)c3C2)c2ccccc2)c1. The van der Waals surface area contributed by atoms with Gasteiger partial charge >= 0.3 is 0 Å². The van der Waals surface area contributed by atoms with Crippen molar-refractivity contribution in [2.75, 3.05) is 25.0 Å². The molecule has 0 saturated carbocycles. The van der Waals surface area contributed by atoms with Crippen molar-refractivity contribution in [1.29, 1.82) is 0 Å². The zero-order valence-electron chi connectivity index (χ0n) is 25.9. The number of nitrogens with zero attached hydrogens (tertiary/aromatic N) is 3. The number of hydrogen-bond donors (Lipinski definition) is 2. The lowest BCUT2D eigenvalue weighted by atomic mass is 9.83. The number of aryl methyl sites for hydroxylation is 1. The molecule has 7 nitrogen and oxygen atoms in total. The van der Waals surface area contributed by atoms with E-state index in [9.17, 15) is 14.0 Å². The summed E-state index contributed by atoms with van der Waals surface area (Å²) in [4.78, 5) is 33.8. The molecular weight excluding hydrogens is 584 g/mol. The van der Waals surface area contributed by atoms with Gasteiger partial charge < -0.3 is 20.1 Å². The van der Waals surface area contributed by atoms with Crippen LogP contribution in [0.1, 0.15) is 60.9 Å². The number of rotatable bonds is 9. The Morgan fingerprint density at radius 3 is 2.56 bits per heavy atom. The van der Waals surface area contributed by atoms with Gasteiger partial charge in [-0.05, 0) is 91.7 Å². The molecule has 1 aliphatic carbocycles. The van der Waals surface area contributed by atoms with Crippen molar-refractivity contribution in [1.82, 2.24) is 19.8 Å². The number of aromatic nitrogens is 2. The first-order chi connectivity index (χ1) is 21.7. The predicted molar refractivity (Wildman–Crippen MR) is 179 cm³/mol. The molecular formula is C36H41FN5O2P. The number of imidazole rings is 1. The lowest BCUT2D eigenvalue weighted by Gasteiger charge is -2.30. The number of carbonyl (C=O) groups excluding carboxylic acids is 2. The van der Waals surface area contributed by atoms with Crippen LogP contribution in [-0.4, -0.2) is 45.9 Å².